The number of rotatable bonds is 4. The molecule has 0 bridgehead atoms. The van der Waals surface area contributed by atoms with Crippen molar-refractivity contribution < 1.29 is 30.5 Å². The predicted molar refractivity (Wildman–Crippen MR) is 55.6 cm³/mol. The number of nitrogens with zero attached hydrogens (tertiary/aromatic N) is 1. The Morgan fingerprint density at radius 3 is 2.44 bits per heavy atom. The van der Waals surface area contributed by atoms with E-state index in [9.17, 15) is 21.6 Å². The Bertz CT molecular complexity index is 513. The summed E-state index contributed by atoms with van der Waals surface area (Å²) < 4.78 is 67.1. The fraction of sp³-hybridized carbons (Fsp3) is 0.444. The summed E-state index contributed by atoms with van der Waals surface area (Å²) in [4.78, 5) is 3.61. The van der Waals surface area contributed by atoms with E-state index in [0.717, 1.165) is 6.07 Å². The minimum Gasteiger partial charge on any atom is -0.472 e. The molecule has 0 saturated heterocycles. The first-order chi connectivity index (χ1) is 8.13. The second-order valence-electron chi connectivity index (χ2n) is 3.46. The van der Waals surface area contributed by atoms with E-state index in [1.54, 1.807) is 13.8 Å². The van der Waals surface area contributed by atoms with Crippen molar-refractivity contribution in [3.63, 3.8) is 0 Å². The Morgan fingerprint density at radius 1 is 1.33 bits per heavy atom. The number of hydrogen-bond acceptors (Lipinski definition) is 5. The first kappa shape index (κ1) is 14.6. The summed E-state index contributed by atoms with van der Waals surface area (Å²) in [7, 11) is -5.73. The molecule has 0 aliphatic rings. The molecule has 102 valence electrons. The maximum atomic E-state index is 12.1. The van der Waals surface area contributed by atoms with E-state index >= 15 is 0 Å². The molecule has 1 aromatic heterocycles. The lowest BCUT2D eigenvalue weighted by atomic mass is 10.4. The number of alkyl halides is 3. The molecular weight excluding hydrogens is 275 g/mol. The minimum absolute atomic E-state index is 0.319. The molecule has 0 amide bonds. The average molecular weight is 285 g/mol. The highest BCUT2D eigenvalue weighted by atomic mass is 32.2. The van der Waals surface area contributed by atoms with Gasteiger partial charge in [0.05, 0.1) is 6.10 Å². The molecule has 0 spiro atoms. The molecule has 0 aromatic carbocycles. The molecule has 0 fully saturated rings. The highest BCUT2D eigenvalue weighted by Crippen LogP contribution is 2.31. The number of ether oxygens (including phenoxy) is 1. The van der Waals surface area contributed by atoms with Crippen LogP contribution in [0.4, 0.5) is 13.2 Å². The van der Waals surface area contributed by atoms with Crippen molar-refractivity contribution in [1.82, 2.24) is 4.98 Å². The maximum Gasteiger partial charge on any atom is 0.534 e. The maximum absolute atomic E-state index is 12.1. The third-order valence-electron chi connectivity index (χ3n) is 1.57. The van der Waals surface area contributed by atoms with Crippen molar-refractivity contribution in [2.75, 3.05) is 0 Å². The third-order valence-corrected chi connectivity index (χ3v) is 2.53. The van der Waals surface area contributed by atoms with Crippen molar-refractivity contribution in [3.05, 3.63) is 18.3 Å². The zero-order valence-electron chi connectivity index (χ0n) is 9.43. The molecule has 5 nitrogen and oxygen atoms in total. The number of aromatic nitrogens is 1. The van der Waals surface area contributed by atoms with Crippen LogP contribution in [0.25, 0.3) is 0 Å². The first-order valence-electron chi connectivity index (χ1n) is 4.76. The van der Waals surface area contributed by atoms with Crippen LogP contribution < -0.4 is 8.92 Å². The van der Waals surface area contributed by atoms with Gasteiger partial charge < -0.3 is 8.92 Å². The van der Waals surface area contributed by atoms with E-state index in [-0.39, 0.29) is 5.88 Å². The molecule has 0 N–H and O–H groups in total. The van der Waals surface area contributed by atoms with E-state index in [1.807, 2.05) is 0 Å². The lowest BCUT2D eigenvalue weighted by Gasteiger charge is -2.14. The topological polar surface area (TPSA) is 65.5 Å². The summed E-state index contributed by atoms with van der Waals surface area (Å²) >= 11 is 0. The summed E-state index contributed by atoms with van der Waals surface area (Å²) in [6.07, 6.45) is 0.848. The van der Waals surface area contributed by atoms with Crippen molar-refractivity contribution in [2.24, 2.45) is 0 Å². The van der Waals surface area contributed by atoms with Crippen LogP contribution in [-0.4, -0.2) is 25.0 Å². The smallest absolute Gasteiger partial charge is 0.472 e. The van der Waals surface area contributed by atoms with Crippen LogP contribution in [0, 0.1) is 0 Å². The highest BCUT2D eigenvalue weighted by molar-refractivity contribution is 7.88. The molecule has 0 aliphatic heterocycles. The van der Waals surface area contributed by atoms with Gasteiger partial charge in [-0.25, -0.2) is 4.98 Å². The van der Waals surface area contributed by atoms with Gasteiger partial charge >= 0.3 is 15.6 Å². The Kier molecular flexibility index (Phi) is 4.05. The Labute approximate surface area is 102 Å². The van der Waals surface area contributed by atoms with Gasteiger partial charge in [0.25, 0.3) is 5.88 Å². The van der Waals surface area contributed by atoms with Gasteiger partial charge in [0.2, 0.25) is 5.75 Å². The van der Waals surface area contributed by atoms with Crippen LogP contribution in [0.3, 0.4) is 0 Å². The van der Waals surface area contributed by atoms with Crippen LogP contribution >= 0.6 is 0 Å². The summed E-state index contributed by atoms with van der Waals surface area (Å²) in [5, 5.41) is 0. The van der Waals surface area contributed by atoms with Gasteiger partial charge in [0.1, 0.15) is 0 Å². The van der Waals surface area contributed by atoms with E-state index < -0.39 is 27.5 Å². The standard InChI is InChI=1S/C9H10F3NO4S/c1-6(2)16-8-7(4-3-5-13-8)17-18(14,15)9(10,11)12/h3-6H,1-2H3. The van der Waals surface area contributed by atoms with E-state index in [1.165, 1.54) is 12.3 Å². The van der Waals surface area contributed by atoms with E-state index in [4.69, 9.17) is 4.74 Å². The second kappa shape index (κ2) is 5.01. The third kappa shape index (κ3) is 3.49. The van der Waals surface area contributed by atoms with Gasteiger partial charge in [-0.1, -0.05) is 0 Å². The van der Waals surface area contributed by atoms with Crippen molar-refractivity contribution in [1.29, 1.82) is 0 Å². The average Bonchev–Trinajstić information content (AvgIpc) is 2.18. The molecule has 1 rings (SSSR count). The van der Waals surface area contributed by atoms with Gasteiger partial charge in [-0.15, -0.1) is 0 Å². The van der Waals surface area contributed by atoms with Crippen LogP contribution in [-0.2, 0) is 10.1 Å². The Balaban J connectivity index is 3.05. The second-order valence-corrected chi connectivity index (χ2v) is 4.99. The van der Waals surface area contributed by atoms with Gasteiger partial charge in [0.15, 0.2) is 0 Å². The number of pyridine rings is 1. The van der Waals surface area contributed by atoms with E-state index in [0.29, 0.717) is 0 Å². The van der Waals surface area contributed by atoms with Crippen LogP contribution in [0.2, 0.25) is 0 Å². The van der Waals surface area contributed by atoms with Gasteiger partial charge in [-0.3, -0.25) is 0 Å². The Morgan fingerprint density at radius 2 is 1.94 bits per heavy atom. The largest absolute Gasteiger partial charge is 0.534 e. The summed E-state index contributed by atoms with van der Waals surface area (Å²) in [5.41, 5.74) is -5.50. The van der Waals surface area contributed by atoms with Crippen molar-refractivity contribution >= 4 is 10.1 Å². The quantitative estimate of drug-likeness (QED) is 0.626. The van der Waals surface area contributed by atoms with Gasteiger partial charge in [-0.05, 0) is 26.0 Å². The fourth-order valence-corrected chi connectivity index (χ4v) is 1.37. The van der Waals surface area contributed by atoms with Crippen LogP contribution in [0.5, 0.6) is 11.6 Å². The summed E-state index contributed by atoms with van der Waals surface area (Å²) in [6.45, 7) is 3.22. The van der Waals surface area contributed by atoms with Crippen LogP contribution in [0.15, 0.2) is 18.3 Å². The molecular formula is C9H10F3NO4S. The van der Waals surface area contributed by atoms with Crippen molar-refractivity contribution in [2.45, 2.75) is 25.5 Å². The monoisotopic (exact) mass is 285 g/mol. The normalized spacial score (nSPS) is 12.6. The Hall–Kier alpha value is -1.51. The van der Waals surface area contributed by atoms with Gasteiger partial charge in [-0.2, -0.15) is 21.6 Å². The highest BCUT2D eigenvalue weighted by Gasteiger charge is 2.49. The fourth-order valence-electron chi connectivity index (χ4n) is 0.917. The lowest BCUT2D eigenvalue weighted by Crippen LogP contribution is -2.28. The first-order valence-corrected chi connectivity index (χ1v) is 6.17. The molecule has 0 atom stereocenters. The SMILES string of the molecule is CC(C)Oc1ncccc1OS(=O)(=O)C(F)(F)F. The molecule has 0 saturated carbocycles. The summed E-state index contributed by atoms with van der Waals surface area (Å²) in [5.74, 6) is -0.927. The molecule has 0 aliphatic carbocycles. The van der Waals surface area contributed by atoms with Gasteiger partial charge in [0, 0.05) is 6.20 Å². The molecule has 0 unspecified atom stereocenters. The zero-order chi connectivity index (χ0) is 14.0. The predicted octanol–water partition coefficient (Wildman–Crippen LogP) is 2.10. The number of hydrogen-bond donors (Lipinski definition) is 0. The van der Waals surface area contributed by atoms with Crippen molar-refractivity contribution in [3.8, 4) is 11.6 Å². The molecule has 0 radical (unpaired) electrons. The molecule has 9 heteroatoms. The zero-order valence-corrected chi connectivity index (χ0v) is 10.2. The van der Waals surface area contributed by atoms with E-state index in [2.05, 4.69) is 9.17 Å². The molecule has 18 heavy (non-hydrogen) atoms. The lowest BCUT2D eigenvalue weighted by molar-refractivity contribution is -0.0500. The summed E-state index contributed by atoms with van der Waals surface area (Å²) in [6, 6.07) is 2.25. The molecule has 1 aromatic rings. The number of halogens is 3. The molecule has 1 heterocycles. The van der Waals surface area contributed by atoms with Crippen LogP contribution in [0.1, 0.15) is 13.8 Å². The minimum atomic E-state index is -5.73.